The van der Waals surface area contributed by atoms with Crippen LogP contribution in [0.3, 0.4) is 0 Å². The van der Waals surface area contributed by atoms with Gasteiger partial charge in [-0.15, -0.1) is 0 Å². The van der Waals surface area contributed by atoms with Gasteiger partial charge in [-0.1, -0.05) is 0 Å². The van der Waals surface area contributed by atoms with Crippen molar-refractivity contribution in [2.45, 2.75) is 12.8 Å². The Morgan fingerprint density at radius 1 is 1.37 bits per heavy atom. The molecule has 1 amide bonds. The Labute approximate surface area is 111 Å². The van der Waals surface area contributed by atoms with Crippen LogP contribution >= 0.6 is 0 Å². The lowest BCUT2D eigenvalue weighted by molar-refractivity contribution is -0.128. The first-order chi connectivity index (χ1) is 8.91. The molecule has 0 fully saturated rings. The summed E-state index contributed by atoms with van der Waals surface area (Å²) >= 11 is 0. The number of nitrogen functional groups attached to an aromatic ring is 1. The number of nitrogens with two attached hydrogens (primary N) is 1. The molecule has 0 aliphatic rings. The second-order valence-corrected chi connectivity index (χ2v) is 4.29. The van der Waals surface area contributed by atoms with Crippen LogP contribution in [-0.2, 0) is 4.79 Å². The fourth-order valence-electron chi connectivity index (χ4n) is 1.45. The normalized spacial score (nSPS) is 10.0. The molecule has 6 heteroatoms. The van der Waals surface area contributed by atoms with Gasteiger partial charge in [0, 0.05) is 26.2 Å². The Hall–Kier alpha value is -2.24. The highest BCUT2D eigenvalue weighted by molar-refractivity contribution is 5.94. The first kappa shape index (κ1) is 14.8. The minimum absolute atomic E-state index is 0.0156. The van der Waals surface area contributed by atoms with Crippen LogP contribution in [0.2, 0.25) is 0 Å². The Kier molecular flexibility index (Phi) is 5.17. The number of carbonyl (C=O) groups is 2. The molecule has 0 aliphatic heterocycles. The predicted molar refractivity (Wildman–Crippen MR) is 71.2 cm³/mol. The number of amides is 1. The number of anilines is 1. The number of hydrogen-bond donors (Lipinski definition) is 2. The Bertz CT molecular complexity index is 472. The van der Waals surface area contributed by atoms with Crippen LogP contribution in [0.4, 0.5) is 5.69 Å². The van der Waals surface area contributed by atoms with Crippen molar-refractivity contribution in [3.63, 3.8) is 0 Å². The second kappa shape index (κ2) is 6.63. The number of ether oxygens (including phenoxy) is 1. The van der Waals surface area contributed by atoms with Gasteiger partial charge >= 0.3 is 5.97 Å². The van der Waals surface area contributed by atoms with Gasteiger partial charge in [0.15, 0.2) is 0 Å². The van der Waals surface area contributed by atoms with Crippen molar-refractivity contribution in [1.82, 2.24) is 4.90 Å². The highest BCUT2D eigenvalue weighted by Gasteiger charge is 2.09. The van der Waals surface area contributed by atoms with Crippen LogP contribution in [0.5, 0.6) is 5.75 Å². The van der Waals surface area contributed by atoms with Gasteiger partial charge in [-0.3, -0.25) is 4.79 Å². The van der Waals surface area contributed by atoms with Crippen molar-refractivity contribution in [2.75, 3.05) is 26.4 Å². The maximum absolute atomic E-state index is 11.3. The molecular weight excluding hydrogens is 248 g/mol. The number of carboxylic acid groups (broad SMARTS) is 1. The van der Waals surface area contributed by atoms with E-state index in [0.717, 1.165) is 0 Å². The second-order valence-electron chi connectivity index (χ2n) is 4.29. The van der Waals surface area contributed by atoms with Gasteiger partial charge in [-0.05, 0) is 24.6 Å². The van der Waals surface area contributed by atoms with Gasteiger partial charge in [-0.25, -0.2) is 4.79 Å². The van der Waals surface area contributed by atoms with Crippen molar-refractivity contribution in [3.8, 4) is 5.75 Å². The molecule has 0 unspecified atom stereocenters. The molecule has 6 nitrogen and oxygen atoms in total. The lowest BCUT2D eigenvalue weighted by Crippen LogP contribution is -2.21. The minimum atomic E-state index is -1.09. The summed E-state index contributed by atoms with van der Waals surface area (Å²) in [5.41, 5.74) is 5.74. The smallest absolute Gasteiger partial charge is 0.337 e. The lowest BCUT2D eigenvalue weighted by atomic mass is 10.2. The topological polar surface area (TPSA) is 92.9 Å². The minimum Gasteiger partial charge on any atom is -0.494 e. The summed E-state index contributed by atoms with van der Waals surface area (Å²) in [7, 11) is 3.39. The molecule has 0 atom stereocenters. The highest BCUT2D eigenvalue weighted by atomic mass is 16.5. The van der Waals surface area contributed by atoms with Crippen LogP contribution in [0.25, 0.3) is 0 Å². The summed E-state index contributed by atoms with van der Waals surface area (Å²) in [6.45, 7) is 0.350. The van der Waals surface area contributed by atoms with Gasteiger partial charge in [0.25, 0.3) is 0 Å². The largest absolute Gasteiger partial charge is 0.494 e. The SMILES string of the molecule is CN(C)C(=O)CCCOc1ccc(N)c(C(=O)O)c1. The monoisotopic (exact) mass is 266 g/mol. The first-order valence-corrected chi connectivity index (χ1v) is 5.87. The number of rotatable bonds is 6. The Morgan fingerprint density at radius 2 is 2.05 bits per heavy atom. The summed E-state index contributed by atoms with van der Waals surface area (Å²) in [5, 5.41) is 8.91. The van der Waals surface area contributed by atoms with E-state index < -0.39 is 5.97 Å². The van der Waals surface area contributed by atoms with Crippen LogP contribution in [-0.4, -0.2) is 42.6 Å². The average molecular weight is 266 g/mol. The Morgan fingerprint density at radius 3 is 2.63 bits per heavy atom. The summed E-state index contributed by atoms with van der Waals surface area (Å²) in [5.74, 6) is -0.623. The fourth-order valence-corrected chi connectivity index (χ4v) is 1.45. The van der Waals surface area contributed by atoms with E-state index in [1.807, 2.05) is 0 Å². The van der Waals surface area contributed by atoms with Crippen LogP contribution in [0, 0.1) is 0 Å². The van der Waals surface area contributed by atoms with Gasteiger partial charge in [0.05, 0.1) is 12.2 Å². The van der Waals surface area contributed by atoms with Crippen LogP contribution < -0.4 is 10.5 Å². The molecule has 0 saturated heterocycles. The number of hydrogen-bond acceptors (Lipinski definition) is 4. The van der Waals surface area contributed by atoms with Gasteiger partial charge in [0.1, 0.15) is 5.75 Å². The maximum atomic E-state index is 11.3. The summed E-state index contributed by atoms with van der Waals surface area (Å²) < 4.78 is 5.39. The third kappa shape index (κ3) is 4.50. The van der Waals surface area contributed by atoms with Gasteiger partial charge in [-0.2, -0.15) is 0 Å². The molecule has 19 heavy (non-hydrogen) atoms. The molecule has 0 heterocycles. The maximum Gasteiger partial charge on any atom is 0.337 e. The summed E-state index contributed by atoms with van der Waals surface area (Å²) in [6.07, 6.45) is 0.970. The van der Waals surface area contributed by atoms with Crippen LogP contribution in [0.15, 0.2) is 18.2 Å². The molecule has 1 aromatic carbocycles. The molecule has 0 bridgehead atoms. The van der Waals surface area contributed by atoms with E-state index in [-0.39, 0.29) is 17.2 Å². The number of benzene rings is 1. The zero-order chi connectivity index (χ0) is 14.4. The fraction of sp³-hybridized carbons (Fsp3) is 0.385. The number of carboxylic acids is 1. The highest BCUT2D eigenvalue weighted by Crippen LogP contribution is 2.19. The van der Waals surface area contributed by atoms with Crippen molar-refractivity contribution < 1.29 is 19.4 Å². The first-order valence-electron chi connectivity index (χ1n) is 5.87. The van der Waals surface area contributed by atoms with Crippen molar-refractivity contribution >= 4 is 17.6 Å². The van der Waals surface area contributed by atoms with E-state index in [0.29, 0.717) is 25.2 Å². The molecule has 104 valence electrons. The lowest BCUT2D eigenvalue weighted by Gasteiger charge is -2.11. The van der Waals surface area contributed by atoms with Crippen molar-refractivity contribution in [1.29, 1.82) is 0 Å². The molecule has 0 aromatic heterocycles. The standard InChI is InChI=1S/C13H18N2O4/c1-15(2)12(16)4-3-7-19-9-5-6-11(14)10(8-9)13(17)18/h5-6,8H,3-4,7,14H2,1-2H3,(H,17,18). The average Bonchev–Trinajstić information content (AvgIpc) is 2.35. The zero-order valence-corrected chi connectivity index (χ0v) is 11.0. The summed E-state index contributed by atoms with van der Waals surface area (Å²) in [6, 6.07) is 4.48. The predicted octanol–water partition coefficient (Wildman–Crippen LogP) is 1.21. The third-order valence-electron chi connectivity index (χ3n) is 2.56. The van der Waals surface area contributed by atoms with E-state index >= 15 is 0 Å². The quantitative estimate of drug-likeness (QED) is 0.596. The van der Waals surface area contributed by atoms with E-state index in [2.05, 4.69) is 0 Å². The van der Waals surface area contributed by atoms with Crippen molar-refractivity contribution in [2.24, 2.45) is 0 Å². The number of nitrogens with zero attached hydrogens (tertiary/aromatic N) is 1. The van der Waals surface area contributed by atoms with E-state index in [1.165, 1.54) is 17.0 Å². The van der Waals surface area contributed by atoms with E-state index in [1.54, 1.807) is 20.2 Å². The molecule has 0 spiro atoms. The van der Waals surface area contributed by atoms with Gasteiger partial charge in [0.2, 0.25) is 5.91 Å². The van der Waals surface area contributed by atoms with Crippen LogP contribution in [0.1, 0.15) is 23.2 Å². The molecule has 3 N–H and O–H groups in total. The molecule has 0 radical (unpaired) electrons. The number of aromatic carboxylic acids is 1. The van der Waals surface area contributed by atoms with E-state index in [9.17, 15) is 9.59 Å². The molecule has 1 aromatic rings. The number of carbonyl (C=O) groups excluding carboxylic acids is 1. The molecular formula is C13H18N2O4. The van der Waals surface area contributed by atoms with Gasteiger partial charge < -0.3 is 20.5 Å². The molecule has 0 saturated carbocycles. The zero-order valence-electron chi connectivity index (χ0n) is 11.0. The Balaban J connectivity index is 2.48. The molecule has 1 rings (SSSR count). The molecule has 0 aliphatic carbocycles. The van der Waals surface area contributed by atoms with Crippen molar-refractivity contribution in [3.05, 3.63) is 23.8 Å². The third-order valence-corrected chi connectivity index (χ3v) is 2.56. The van der Waals surface area contributed by atoms with E-state index in [4.69, 9.17) is 15.6 Å². The summed E-state index contributed by atoms with van der Waals surface area (Å²) in [4.78, 5) is 23.7.